The van der Waals surface area contributed by atoms with Gasteiger partial charge in [-0.3, -0.25) is 9.13 Å². The zero-order chi connectivity index (χ0) is 24.0. The largest absolute Gasteiger partial charge is 0.387 e. The highest BCUT2D eigenvalue weighted by Gasteiger charge is 2.47. The van der Waals surface area contributed by atoms with Crippen molar-refractivity contribution in [3.63, 3.8) is 0 Å². The van der Waals surface area contributed by atoms with Crippen molar-refractivity contribution in [2.24, 2.45) is 5.92 Å². The predicted molar refractivity (Wildman–Crippen MR) is 111 cm³/mol. The number of fused-ring (bicyclic) bond motifs is 1. The Balaban J connectivity index is 1.82. The molecule has 0 radical (unpaired) electrons. The van der Waals surface area contributed by atoms with E-state index in [1.54, 1.807) is 13.8 Å². The molecule has 17 heteroatoms. The van der Waals surface area contributed by atoms with E-state index < -0.39 is 65.4 Å². The summed E-state index contributed by atoms with van der Waals surface area (Å²) in [6, 6.07) is 0. The number of aromatic nitrogens is 4. The van der Waals surface area contributed by atoms with Crippen LogP contribution in [-0.4, -0.2) is 83.8 Å². The summed E-state index contributed by atoms with van der Waals surface area (Å²) in [5.41, 5.74) is 6.01. The lowest BCUT2D eigenvalue weighted by atomic mass is 10.1. The molecule has 14 nitrogen and oxygen atoms in total. The number of aliphatic hydroxyl groups is 2. The number of imidazole rings is 1. The molecule has 32 heavy (non-hydrogen) atoms. The summed E-state index contributed by atoms with van der Waals surface area (Å²) in [4.78, 5) is 30.7. The molecule has 1 saturated heterocycles. The molecule has 6 N–H and O–H groups in total. The number of nitrogens with two attached hydrogens (primary N) is 1. The second kappa shape index (κ2) is 9.08. The van der Waals surface area contributed by atoms with Crippen molar-refractivity contribution in [2.45, 2.75) is 43.6 Å². The minimum absolute atomic E-state index is 0.0217. The van der Waals surface area contributed by atoms with Crippen molar-refractivity contribution in [1.82, 2.24) is 19.5 Å². The summed E-state index contributed by atoms with van der Waals surface area (Å²) in [5.74, 6) is -0.954. The van der Waals surface area contributed by atoms with Gasteiger partial charge in [-0.2, -0.15) is 9.97 Å². The molecule has 3 rings (SSSR count). The zero-order valence-corrected chi connectivity index (χ0v) is 19.4. The molecule has 2 aromatic rings. The molecule has 1 fully saturated rings. The lowest BCUT2D eigenvalue weighted by molar-refractivity contribution is -0.0648. The van der Waals surface area contributed by atoms with Gasteiger partial charge >= 0.3 is 7.60 Å². The molecule has 0 aromatic carbocycles. The van der Waals surface area contributed by atoms with Gasteiger partial charge in [0.1, 0.15) is 23.8 Å². The van der Waals surface area contributed by atoms with Crippen molar-refractivity contribution in [1.29, 1.82) is 0 Å². The van der Waals surface area contributed by atoms with Crippen molar-refractivity contribution >= 4 is 46.0 Å². The SMILES string of the molecule is CC(C)CS(=O)(=O)C(OC[C@H]1O[C@@H](n2cnc3c(N)nc(Cl)nc32)[C@H](O)[C@@H]1O)P(=O)(O)O. The Labute approximate surface area is 187 Å². The number of aliphatic hydroxyl groups excluding tert-OH is 2. The fraction of sp³-hybridized carbons (Fsp3) is 0.667. The van der Waals surface area contributed by atoms with Crippen LogP contribution in [0, 0.1) is 5.92 Å². The Hall–Kier alpha value is -1.42. The van der Waals surface area contributed by atoms with Crippen molar-refractivity contribution in [3.8, 4) is 0 Å². The van der Waals surface area contributed by atoms with Crippen LogP contribution in [0.5, 0.6) is 0 Å². The molecule has 0 saturated carbocycles. The van der Waals surface area contributed by atoms with Gasteiger partial charge in [-0.15, -0.1) is 0 Å². The molecule has 180 valence electrons. The van der Waals surface area contributed by atoms with E-state index >= 15 is 0 Å². The second-order valence-electron chi connectivity index (χ2n) is 7.70. The van der Waals surface area contributed by atoms with Crippen LogP contribution in [0.4, 0.5) is 5.82 Å². The normalized spacial score (nSPS) is 25.6. The van der Waals surface area contributed by atoms with E-state index in [9.17, 15) is 33.0 Å². The van der Waals surface area contributed by atoms with E-state index in [-0.39, 0.29) is 22.3 Å². The molecular weight excluding hydrogens is 493 g/mol. The predicted octanol–water partition coefficient (Wildman–Crippen LogP) is -0.770. The number of hydrogen-bond donors (Lipinski definition) is 5. The van der Waals surface area contributed by atoms with Crippen LogP contribution in [0.1, 0.15) is 20.1 Å². The minimum atomic E-state index is -5.22. The summed E-state index contributed by atoms with van der Waals surface area (Å²) in [7, 11) is -9.57. The molecular formula is C15H23ClN5O9PS. The van der Waals surface area contributed by atoms with Crippen molar-refractivity contribution in [3.05, 3.63) is 11.6 Å². The molecule has 1 aliphatic heterocycles. The first-order valence-electron chi connectivity index (χ1n) is 9.28. The standard InChI is InChI=1S/C15H23ClN5O9PS/c1-6(2)4-32(27,28)15(31(24,25)26)29-3-7-9(22)10(23)13(30-7)21-5-18-8-11(17)19-14(16)20-12(8)21/h5-7,9-10,13,15,22-23H,3-4H2,1-2H3,(H2,17,19,20)(H2,24,25,26)/t7-,9-,10-,13-,15?/m1/s1. The Bertz CT molecular complexity index is 1140. The quantitative estimate of drug-likeness (QED) is 0.215. The highest BCUT2D eigenvalue weighted by molar-refractivity contribution is 7.98. The van der Waals surface area contributed by atoms with Crippen LogP contribution in [0.3, 0.4) is 0 Å². The van der Waals surface area contributed by atoms with E-state index in [0.717, 1.165) is 0 Å². The van der Waals surface area contributed by atoms with Crippen molar-refractivity contribution < 1.29 is 42.5 Å². The fourth-order valence-electron chi connectivity index (χ4n) is 3.33. The number of hydrogen-bond acceptors (Lipinski definition) is 11. The first-order valence-corrected chi connectivity index (χ1v) is 13.1. The number of sulfone groups is 1. The number of anilines is 1. The fourth-order valence-corrected chi connectivity index (χ4v) is 7.09. The van der Waals surface area contributed by atoms with E-state index in [1.165, 1.54) is 10.9 Å². The van der Waals surface area contributed by atoms with Gasteiger partial charge in [0, 0.05) is 0 Å². The lowest BCUT2D eigenvalue weighted by Crippen LogP contribution is -2.37. The third kappa shape index (κ3) is 5.05. The summed E-state index contributed by atoms with van der Waals surface area (Å²) in [6.07, 6.45) is -4.49. The third-order valence-electron chi connectivity index (χ3n) is 4.58. The molecule has 0 spiro atoms. The molecule has 0 aliphatic carbocycles. The molecule has 3 heterocycles. The third-order valence-corrected chi connectivity index (χ3v) is 9.12. The molecule has 5 atom stereocenters. The van der Waals surface area contributed by atoms with Gasteiger partial charge in [-0.05, 0) is 17.5 Å². The Morgan fingerprint density at radius 1 is 1.31 bits per heavy atom. The highest BCUT2D eigenvalue weighted by atomic mass is 35.5. The smallest absolute Gasteiger partial charge is 0.369 e. The molecule has 2 aromatic heterocycles. The van der Waals surface area contributed by atoms with E-state index in [0.29, 0.717) is 0 Å². The van der Waals surface area contributed by atoms with Gasteiger partial charge in [0.15, 0.2) is 27.5 Å². The number of nitrogen functional groups attached to an aromatic ring is 1. The van der Waals surface area contributed by atoms with Crippen LogP contribution in [0.15, 0.2) is 6.33 Å². The highest BCUT2D eigenvalue weighted by Crippen LogP contribution is 2.46. The summed E-state index contributed by atoms with van der Waals surface area (Å²) in [6.45, 7) is 2.40. The van der Waals surface area contributed by atoms with Gasteiger partial charge < -0.3 is 35.2 Å². The number of rotatable bonds is 8. The zero-order valence-electron chi connectivity index (χ0n) is 16.9. The number of ether oxygens (including phenoxy) is 2. The molecule has 1 unspecified atom stereocenters. The lowest BCUT2D eigenvalue weighted by Gasteiger charge is -2.23. The Kier molecular flexibility index (Phi) is 7.15. The topological polar surface area (TPSA) is 220 Å². The van der Waals surface area contributed by atoms with Crippen LogP contribution in [-0.2, 0) is 23.9 Å². The van der Waals surface area contributed by atoms with Crippen LogP contribution >= 0.6 is 19.2 Å². The number of halogens is 1. The van der Waals surface area contributed by atoms with Crippen molar-refractivity contribution in [2.75, 3.05) is 18.1 Å². The first kappa shape index (κ1) is 25.2. The van der Waals surface area contributed by atoms with E-state index in [1.807, 2.05) is 0 Å². The van der Waals surface area contributed by atoms with Gasteiger partial charge in [0.2, 0.25) is 5.28 Å². The van der Waals surface area contributed by atoms with Gasteiger partial charge in [-0.1, -0.05) is 13.8 Å². The van der Waals surface area contributed by atoms with Crippen LogP contribution in [0.25, 0.3) is 11.2 Å². The Morgan fingerprint density at radius 2 is 1.97 bits per heavy atom. The molecule has 0 bridgehead atoms. The average molecular weight is 516 g/mol. The minimum Gasteiger partial charge on any atom is -0.387 e. The summed E-state index contributed by atoms with van der Waals surface area (Å²) >= 11 is 5.81. The van der Waals surface area contributed by atoms with E-state index in [2.05, 4.69) is 15.0 Å². The summed E-state index contributed by atoms with van der Waals surface area (Å²) < 4.78 is 48.4. The number of nitrogens with zero attached hydrogens (tertiary/aromatic N) is 4. The molecule has 0 amide bonds. The maximum atomic E-state index is 12.4. The van der Waals surface area contributed by atoms with Gasteiger partial charge in [0.05, 0.1) is 18.7 Å². The monoisotopic (exact) mass is 515 g/mol. The van der Waals surface area contributed by atoms with Gasteiger partial charge in [-0.25, -0.2) is 13.4 Å². The first-order chi connectivity index (χ1) is 14.7. The van der Waals surface area contributed by atoms with Gasteiger partial charge in [0.25, 0.3) is 5.18 Å². The maximum Gasteiger partial charge on any atom is 0.369 e. The maximum absolute atomic E-state index is 12.4. The second-order valence-corrected chi connectivity index (χ2v) is 12.1. The molecule has 1 aliphatic rings. The summed E-state index contributed by atoms with van der Waals surface area (Å²) in [5, 5.41) is 18.2. The van der Waals surface area contributed by atoms with Crippen LogP contribution < -0.4 is 5.73 Å². The Morgan fingerprint density at radius 3 is 2.56 bits per heavy atom. The average Bonchev–Trinajstić information content (AvgIpc) is 3.15. The van der Waals surface area contributed by atoms with Crippen LogP contribution in [0.2, 0.25) is 5.28 Å². The van der Waals surface area contributed by atoms with E-state index in [4.69, 9.17) is 26.8 Å².